The van der Waals surface area contributed by atoms with Crippen molar-refractivity contribution >= 4 is 12.6 Å². The number of hydrogen-bond donors (Lipinski definition) is 1. The summed E-state index contributed by atoms with van der Waals surface area (Å²) in [7, 11) is -0.952. The Morgan fingerprint density at radius 2 is 1.58 bits per heavy atom. The molecule has 0 aliphatic carbocycles. The Morgan fingerprint density at radius 1 is 1.05 bits per heavy atom. The Morgan fingerprint density at radius 3 is 2.05 bits per heavy atom. The molecule has 104 valence electrons. The number of rotatable bonds is 2. The highest BCUT2D eigenvalue weighted by Gasteiger charge is 2.52. The number of halogens is 2. The fourth-order valence-corrected chi connectivity index (χ4v) is 1.88. The third kappa shape index (κ3) is 2.40. The molecule has 1 saturated heterocycles. The number of benzene rings is 1. The molecular formula is C13H17BF2O3. The molecule has 6 heteroatoms. The van der Waals surface area contributed by atoms with Crippen molar-refractivity contribution in [3.05, 3.63) is 29.3 Å². The molecule has 2 rings (SSSR count). The second-order valence-corrected chi connectivity index (χ2v) is 5.71. The normalized spacial score (nSPS) is 20.9. The molecule has 0 bridgehead atoms. The molecule has 1 heterocycles. The van der Waals surface area contributed by atoms with E-state index in [1.54, 1.807) is 0 Å². The van der Waals surface area contributed by atoms with Gasteiger partial charge in [-0.3, -0.25) is 0 Å². The lowest BCUT2D eigenvalue weighted by molar-refractivity contribution is 0.00578. The summed E-state index contributed by atoms with van der Waals surface area (Å²) in [4.78, 5) is 0. The molecule has 0 aromatic heterocycles. The first-order chi connectivity index (χ1) is 8.68. The van der Waals surface area contributed by atoms with Gasteiger partial charge in [0.2, 0.25) is 0 Å². The first kappa shape index (κ1) is 14.4. The SMILES string of the molecule is CC1(C)OB(c2cc(F)c(CO)cc2F)OC1(C)C. The van der Waals surface area contributed by atoms with E-state index in [-0.39, 0.29) is 11.0 Å². The van der Waals surface area contributed by atoms with Crippen LogP contribution in [0.25, 0.3) is 0 Å². The van der Waals surface area contributed by atoms with Gasteiger partial charge in [-0.05, 0) is 39.8 Å². The number of aliphatic hydroxyl groups excluding tert-OH is 1. The minimum absolute atomic E-state index is 0.00773. The molecule has 1 N–H and O–H groups in total. The number of aliphatic hydroxyl groups is 1. The van der Waals surface area contributed by atoms with Crippen LogP contribution in [0.2, 0.25) is 0 Å². The third-order valence-corrected chi connectivity index (χ3v) is 3.84. The Labute approximate surface area is 111 Å². The zero-order valence-electron chi connectivity index (χ0n) is 11.5. The van der Waals surface area contributed by atoms with E-state index >= 15 is 0 Å². The molecule has 1 fully saturated rings. The van der Waals surface area contributed by atoms with Crippen molar-refractivity contribution in [3.8, 4) is 0 Å². The van der Waals surface area contributed by atoms with Gasteiger partial charge in [0, 0.05) is 11.0 Å². The molecule has 0 unspecified atom stereocenters. The van der Waals surface area contributed by atoms with Crippen molar-refractivity contribution in [3.63, 3.8) is 0 Å². The molecule has 1 aliphatic heterocycles. The van der Waals surface area contributed by atoms with Crippen LogP contribution in [0.4, 0.5) is 8.78 Å². The largest absolute Gasteiger partial charge is 0.497 e. The molecule has 0 spiro atoms. The van der Waals surface area contributed by atoms with Crippen LogP contribution in [0.5, 0.6) is 0 Å². The maximum atomic E-state index is 13.9. The van der Waals surface area contributed by atoms with Gasteiger partial charge in [-0.15, -0.1) is 0 Å². The lowest BCUT2D eigenvalue weighted by Gasteiger charge is -2.32. The van der Waals surface area contributed by atoms with Crippen molar-refractivity contribution in [2.75, 3.05) is 0 Å². The predicted molar refractivity (Wildman–Crippen MR) is 68.0 cm³/mol. The van der Waals surface area contributed by atoms with Crippen LogP contribution < -0.4 is 5.46 Å². The molecule has 0 amide bonds. The van der Waals surface area contributed by atoms with Crippen LogP contribution in [0.1, 0.15) is 33.3 Å². The average Bonchev–Trinajstić information content (AvgIpc) is 2.50. The van der Waals surface area contributed by atoms with Crippen LogP contribution >= 0.6 is 0 Å². The van der Waals surface area contributed by atoms with Crippen LogP contribution in [0.15, 0.2) is 12.1 Å². The van der Waals surface area contributed by atoms with Crippen molar-refractivity contribution < 1.29 is 23.2 Å². The summed E-state index contributed by atoms with van der Waals surface area (Å²) in [6.07, 6.45) is 0. The van der Waals surface area contributed by atoms with Crippen LogP contribution in [0, 0.1) is 11.6 Å². The van der Waals surface area contributed by atoms with Gasteiger partial charge in [0.25, 0.3) is 0 Å². The topological polar surface area (TPSA) is 38.7 Å². The summed E-state index contributed by atoms with van der Waals surface area (Å²) >= 11 is 0. The van der Waals surface area contributed by atoms with E-state index in [1.165, 1.54) is 0 Å². The van der Waals surface area contributed by atoms with Gasteiger partial charge in [-0.2, -0.15) is 0 Å². The quantitative estimate of drug-likeness (QED) is 0.832. The second-order valence-electron chi connectivity index (χ2n) is 5.71. The van der Waals surface area contributed by atoms with E-state index in [0.717, 1.165) is 12.1 Å². The molecule has 1 aromatic carbocycles. The summed E-state index contributed by atoms with van der Waals surface area (Å²) in [6, 6.07) is 1.98. The Kier molecular flexibility index (Phi) is 3.45. The molecule has 1 aromatic rings. The maximum Gasteiger partial charge on any atom is 0.497 e. The Hall–Kier alpha value is -0.975. The summed E-state index contributed by atoms with van der Waals surface area (Å²) in [5.41, 5.74) is -1.31. The maximum absolute atomic E-state index is 13.9. The van der Waals surface area contributed by atoms with E-state index < -0.39 is 36.6 Å². The summed E-state index contributed by atoms with van der Waals surface area (Å²) in [5.74, 6) is -1.32. The number of hydrogen-bond acceptors (Lipinski definition) is 3. The van der Waals surface area contributed by atoms with Gasteiger partial charge in [-0.25, -0.2) is 8.78 Å². The highest BCUT2D eigenvalue weighted by Crippen LogP contribution is 2.36. The van der Waals surface area contributed by atoms with E-state index in [0.29, 0.717) is 0 Å². The van der Waals surface area contributed by atoms with E-state index in [1.807, 2.05) is 27.7 Å². The summed E-state index contributed by atoms with van der Waals surface area (Å²) < 4.78 is 38.9. The van der Waals surface area contributed by atoms with Crippen LogP contribution in [0.3, 0.4) is 0 Å². The van der Waals surface area contributed by atoms with Gasteiger partial charge >= 0.3 is 7.12 Å². The highest BCUT2D eigenvalue weighted by molar-refractivity contribution is 6.62. The Balaban J connectivity index is 2.37. The fraction of sp³-hybridized carbons (Fsp3) is 0.538. The molecule has 19 heavy (non-hydrogen) atoms. The van der Waals surface area contributed by atoms with Crippen LogP contribution in [-0.4, -0.2) is 23.4 Å². The molecular weight excluding hydrogens is 253 g/mol. The summed E-state index contributed by atoms with van der Waals surface area (Å²) in [5, 5.41) is 8.90. The van der Waals surface area contributed by atoms with Gasteiger partial charge in [-0.1, -0.05) is 0 Å². The van der Waals surface area contributed by atoms with Gasteiger partial charge in [0.1, 0.15) is 11.6 Å². The predicted octanol–water partition coefficient (Wildman–Crippen LogP) is 1.76. The van der Waals surface area contributed by atoms with E-state index in [2.05, 4.69) is 0 Å². The van der Waals surface area contributed by atoms with Gasteiger partial charge < -0.3 is 14.4 Å². The Bertz CT molecular complexity index is 487. The fourth-order valence-electron chi connectivity index (χ4n) is 1.88. The van der Waals surface area contributed by atoms with Gasteiger partial charge in [0.05, 0.1) is 17.8 Å². The minimum Gasteiger partial charge on any atom is -0.399 e. The molecule has 0 radical (unpaired) electrons. The van der Waals surface area contributed by atoms with Crippen molar-refractivity contribution in [1.82, 2.24) is 0 Å². The highest BCUT2D eigenvalue weighted by atomic mass is 19.1. The van der Waals surface area contributed by atoms with Crippen LogP contribution in [-0.2, 0) is 15.9 Å². The molecule has 0 saturated carbocycles. The van der Waals surface area contributed by atoms with Crippen molar-refractivity contribution in [2.45, 2.75) is 45.5 Å². The van der Waals surface area contributed by atoms with E-state index in [4.69, 9.17) is 14.4 Å². The van der Waals surface area contributed by atoms with Gasteiger partial charge in [0.15, 0.2) is 0 Å². The zero-order valence-corrected chi connectivity index (χ0v) is 11.5. The van der Waals surface area contributed by atoms with E-state index in [9.17, 15) is 8.78 Å². The second kappa shape index (κ2) is 4.54. The first-order valence-electron chi connectivity index (χ1n) is 6.12. The smallest absolute Gasteiger partial charge is 0.399 e. The standard InChI is InChI=1S/C13H17BF2O3/c1-12(2)13(3,4)19-14(18-12)9-6-10(15)8(7-17)5-11(9)16/h5-6,17H,7H2,1-4H3. The summed E-state index contributed by atoms with van der Waals surface area (Å²) in [6.45, 7) is 6.80. The molecule has 0 atom stereocenters. The lowest BCUT2D eigenvalue weighted by Crippen LogP contribution is -2.41. The monoisotopic (exact) mass is 270 g/mol. The molecule has 1 aliphatic rings. The molecule has 3 nitrogen and oxygen atoms in total. The lowest BCUT2D eigenvalue weighted by atomic mass is 9.78. The van der Waals surface area contributed by atoms with Crippen molar-refractivity contribution in [1.29, 1.82) is 0 Å². The third-order valence-electron chi connectivity index (χ3n) is 3.84. The minimum atomic E-state index is -0.952. The van der Waals surface area contributed by atoms with Crippen molar-refractivity contribution in [2.24, 2.45) is 0 Å². The first-order valence-corrected chi connectivity index (χ1v) is 6.12. The zero-order chi connectivity index (χ0) is 14.4. The average molecular weight is 270 g/mol.